The average molecular weight is 471 g/mol. The zero-order valence-electron chi connectivity index (χ0n) is 17.5. The second-order valence-corrected chi connectivity index (χ2v) is 7.99. The van der Waals surface area contributed by atoms with Crippen LogP contribution in [0.4, 0.5) is 14.7 Å². The number of aromatic nitrogens is 3. The van der Waals surface area contributed by atoms with Gasteiger partial charge in [-0.25, -0.2) is 13.8 Å². The van der Waals surface area contributed by atoms with Crippen LogP contribution in [0.1, 0.15) is 0 Å². The number of hydrogen-bond acceptors (Lipinski definition) is 7. The molecule has 2 aromatic carbocycles. The van der Waals surface area contributed by atoms with Gasteiger partial charge >= 0.3 is 0 Å². The number of rotatable bonds is 7. The molecule has 0 radical (unpaired) electrons. The van der Waals surface area contributed by atoms with Crippen LogP contribution in [0.15, 0.2) is 64.3 Å². The van der Waals surface area contributed by atoms with E-state index in [9.17, 15) is 23.8 Å². The Labute approximate surface area is 191 Å². The lowest BCUT2D eigenvalue weighted by Crippen LogP contribution is -2.29. The van der Waals surface area contributed by atoms with Crippen LogP contribution in [-0.2, 0) is 0 Å². The fourth-order valence-corrected chi connectivity index (χ4v) is 4.05. The van der Waals surface area contributed by atoms with Gasteiger partial charge in [-0.1, -0.05) is 18.2 Å². The zero-order chi connectivity index (χ0) is 23.5. The molecule has 0 aliphatic heterocycles. The summed E-state index contributed by atoms with van der Waals surface area (Å²) in [6.45, 7) is -0.772. The minimum atomic E-state index is -0.924. The number of pyridine rings is 1. The molecular weight excluding hydrogens is 450 g/mol. The number of hydrogen-bond donors (Lipinski definition) is 3. The predicted octanol–water partition coefficient (Wildman–Crippen LogP) is 3.21. The summed E-state index contributed by atoms with van der Waals surface area (Å²) in [5, 5.41) is 22.3. The van der Waals surface area contributed by atoms with Gasteiger partial charge in [-0.15, -0.1) is 11.8 Å². The molecular formula is C23H20F2N4O3S. The first-order valence-corrected chi connectivity index (χ1v) is 11.2. The number of benzene rings is 2. The molecule has 0 amide bonds. The Hall–Kier alpha value is -3.34. The second-order valence-electron chi connectivity index (χ2n) is 7.14. The van der Waals surface area contributed by atoms with Crippen molar-refractivity contribution < 1.29 is 19.0 Å². The van der Waals surface area contributed by atoms with E-state index >= 15 is 0 Å². The van der Waals surface area contributed by atoms with Crippen LogP contribution >= 0.6 is 11.8 Å². The molecule has 33 heavy (non-hydrogen) atoms. The first kappa shape index (κ1) is 22.8. The Morgan fingerprint density at radius 3 is 2.52 bits per heavy atom. The van der Waals surface area contributed by atoms with Crippen molar-refractivity contribution in [1.82, 2.24) is 14.5 Å². The van der Waals surface area contributed by atoms with Crippen molar-refractivity contribution >= 4 is 28.7 Å². The molecule has 0 fully saturated rings. The molecule has 10 heteroatoms. The van der Waals surface area contributed by atoms with Gasteiger partial charge in [0.1, 0.15) is 11.6 Å². The van der Waals surface area contributed by atoms with Crippen LogP contribution in [-0.4, -0.2) is 50.3 Å². The lowest BCUT2D eigenvalue weighted by Gasteiger charge is -2.18. The summed E-state index contributed by atoms with van der Waals surface area (Å²) in [5.41, 5.74) is 0.586. The van der Waals surface area contributed by atoms with Crippen LogP contribution in [0.2, 0.25) is 0 Å². The predicted molar refractivity (Wildman–Crippen MR) is 124 cm³/mol. The molecule has 2 heterocycles. The monoisotopic (exact) mass is 470 g/mol. The van der Waals surface area contributed by atoms with Crippen molar-refractivity contribution in [2.75, 3.05) is 24.8 Å². The number of aliphatic hydroxyl groups excluding tert-OH is 2. The molecule has 0 bridgehead atoms. The van der Waals surface area contributed by atoms with Crippen LogP contribution in [0.5, 0.6) is 0 Å². The van der Waals surface area contributed by atoms with Gasteiger partial charge in [-0.3, -0.25) is 9.36 Å². The van der Waals surface area contributed by atoms with E-state index in [4.69, 9.17) is 0 Å². The Morgan fingerprint density at radius 2 is 1.82 bits per heavy atom. The van der Waals surface area contributed by atoms with Crippen molar-refractivity contribution in [3.63, 3.8) is 0 Å². The van der Waals surface area contributed by atoms with E-state index in [1.807, 2.05) is 30.5 Å². The summed E-state index contributed by atoms with van der Waals surface area (Å²) in [7, 11) is 0. The molecule has 7 nitrogen and oxygen atoms in total. The third kappa shape index (κ3) is 4.45. The highest BCUT2D eigenvalue weighted by molar-refractivity contribution is 7.98. The molecule has 0 saturated heterocycles. The largest absolute Gasteiger partial charge is 0.394 e. The summed E-state index contributed by atoms with van der Waals surface area (Å²) in [4.78, 5) is 22.7. The molecule has 0 aliphatic rings. The van der Waals surface area contributed by atoms with E-state index in [0.717, 1.165) is 21.1 Å². The summed E-state index contributed by atoms with van der Waals surface area (Å²) < 4.78 is 29.2. The molecule has 0 atom stereocenters. The SMILES string of the molecule is CSc1ccccc1-c1nc(NC(CO)CO)nc2c1ccc(=O)n2-c1ccc(F)cc1F. The maximum absolute atomic E-state index is 14.7. The molecule has 170 valence electrons. The van der Waals surface area contributed by atoms with Gasteiger partial charge in [-0.05, 0) is 30.5 Å². The van der Waals surface area contributed by atoms with Crippen LogP contribution in [0.3, 0.4) is 0 Å². The van der Waals surface area contributed by atoms with Crippen molar-refractivity contribution in [2.45, 2.75) is 10.9 Å². The van der Waals surface area contributed by atoms with Crippen molar-refractivity contribution in [1.29, 1.82) is 0 Å². The summed E-state index contributed by atoms with van der Waals surface area (Å²) >= 11 is 1.50. The van der Waals surface area contributed by atoms with Gasteiger partial charge in [0.25, 0.3) is 5.56 Å². The molecule has 0 saturated carbocycles. The summed E-state index contributed by atoms with van der Waals surface area (Å²) in [6.07, 6.45) is 1.92. The molecule has 2 aromatic heterocycles. The molecule has 0 aliphatic carbocycles. The maximum Gasteiger partial charge on any atom is 0.256 e. The standard InChI is InChI=1S/C23H20F2N4O3S/c1-33-19-5-3-2-4-15(19)21-16-7-9-20(32)29(18-8-6-13(24)10-17(18)25)22(16)28-23(27-21)26-14(11-30)12-31/h2-10,14,30-31H,11-12H2,1H3,(H,26,27,28). The van der Waals surface area contributed by atoms with E-state index in [-0.39, 0.29) is 30.5 Å². The summed E-state index contributed by atoms with van der Waals surface area (Å²) in [6, 6.07) is 12.5. The van der Waals surface area contributed by atoms with Gasteiger partial charge in [0, 0.05) is 28.0 Å². The van der Waals surface area contributed by atoms with E-state index in [1.54, 1.807) is 6.07 Å². The van der Waals surface area contributed by atoms with Crippen LogP contribution in [0.25, 0.3) is 28.0 Å². The van der Waals surface area contributed by atoms with Gasteiger partial charge in [-0.2, -0.15) is 4.98 Å². The highest BCUT2D eigenvalue weighted by atomic mass is 32.2. The van der Waals surface area contributed by atoms with E-state index < -0.39 is 23.2 Å². The van der Waals surface area contributed by atoms with E-state index in [2.05, 4.69) is 15.3 Å². The third-order valence-electron chi connectivity index (χ3n) is 5.04. The van der Waals surface area contributed by atoms with Crippen molar-refractivity contribution in [3.05, 3.63) is 76.6 Å². The number of fused-ring (bicyclic) bond motifs is 1. The fraction of sp³-hybridized carbons (Fsp3) is 0.174. The van der Waals surface area contributed by atoms with Crippen molar-refractivity contribution in [2.24, 2.45) is 0 Å². The maximum atomic E-state index is 14.7. The smallest absolute Gasteiger partial charge is 0.256 e. The number of thioether (sulfide) groups is 1. The normalized spacial score (nSPS) is 11.3. The van der Waals surface area contributed by atoms with Gasteiger partial charge in [0.15, 0.2) is 5.65 Å². The first-order valence-electron chi connectivity index (χ1n) is 9.97. The van der Waals surface area contributed by atoms with E-state index in [1.165, 1.54) is 23.9 Å². The van der Waals surface area contributed by atoms with Gasteiger partial charge < -0.3 is 15.5 Å². The lowest BCUT2D eigenvalue weighted by molar-refractivity contribution is 0.203. The Kier molecular flexibility index (Phi) is 6.68. The molecule has 0 spiro atoms. The van der Waals surface area contributed by atoms with Gasteiger partial charge in [0.2, 0.25) is 5.95 Å². The zero-order valence-corrected chi connectivity index (χ0v) is 18.3. The minimum Gasteiger partial charge on any atom is -0.394 e. The van der Waals surface area contributed by atoms with E-state index in [0.29, 0.717) is 17.1 Å². The van der Waals surface area contributed by atoms with Crippen molar-refractivity contribution in [3.8, 4) is 16.9 Å². The Balaban J connectivity index is 2.08. The van der Waals surface area contributed by atoms with Crippen LogP contribution < -0.4 is 10.9 Å². The Morgan fingerprint density at radius 1 is 1.06 bits per heavy atom. The number of aliphatic hydroxyl groups is 2. The minimum absolute atomic E-state index is 0.0309. The number of nitrogens with one attached hydrogen (secondary N) is 1. The fourth-order valence-electron chi connectivity index (χ4n) is 3.45. The number of nitrogens with zero attached hydrogens (tertiary/aromatic N) is 3. The highest BCUT2D eigenvalue weighted by Gasteiger charge is 2.19. The lowest BCUT2D eigenvalue weighted by atomic mass is 10.1. The quantitative estimate of drug-likeness (QED) is 0.357. The molecule has 0 unspecified atom stereocenters. The molecule has 3 N–H and O–H groups in total. The number of anilines is 1. The Bertz CT molecular complexity index is 1380. The topological polar surface area (TPSA) is 100 Å². The third-order valence-corrected chi connectivity index (χ3v) is 5.83. The average Bonchev–Trinajstić information content (AvgIpc) is 2.82. The first-order chi connectivity index (χ1) is 16.0. The van der Waals surface area contributed by atoms with Gasteiger partial charge in [0.05, 0.1) is 30.6 Å². The number of halogens is 2. The highest BCUT2D eigenvalue weighted by Crippen LogP contribution is 2.34. The summed E-state index contributed by atoms with van der Waals surface area (Å²) in [5.74, 6) is -1.67. The van der Waals surface area contributed by atoms with Crippen LogP contribution in [0, 0.1) is 11.6 Å². The molecule has 4 rings (SSSR count). The second kappa shape index (κ2) is 9.65. The molecule has 4 aromatic rings.